The lowest BCUT2D eigenvalue weighted by Crippen LogP contribution is -1.95. The number of aliphatic hydroxyl groups is 1. The van der Waals surface area contributed by atoms with Crippen molar-refractivity contribution in [2.45, 2.75) is 6.42 Å². The number of allylic oxidation sites excluding steroid dienone is 1. The fourth-order valence-corrected chi connectivity index (χ4v) is 0.526. The van der Waals surface area contributed by atoms with E-state index in [-0.39, 0.29) is 12.2 Å². The molecule has 12 heavy (non-hydrogen) atoms. The van der Waals surface area contributed by atoms with Gasteiger partial charge in [0.15, 0.2) is 0 Å². The van der Waals surface area contributed by atoms with Crippen molar-refractivity contribution in [2.75, 3.05) is 0 Å². The number of carbonyl (C=O) groups is 1. The molecule has 66 valence electrons. The van der Waals surface area contributed by atoms with E-state index < -0.39 is 5.97 Å². The van der Waals surface area contributed by atoms with Crippen LogP contribution in [0.3, 0.4) is 0 Å². The topological polar surface area (TPSA) is 46.5 Å². The Bertz CT molecular complexity index is 218. The van der Waals surface area contributed by atoms with Gasteiger partial charge in [-0.25, -0.2) is 0 Å². The molecule has 0 aliphatic rings. The molecule has 0 aromatic carbocycles. The third-order valence-electron chi connectivity index (χ3n) is 0.900. The van der Waals surface area contributed by atoms with Crippen LogP contribution < -0.4 is 0 Å². The average Bonchev–Trinajstić information content (AvgIpc) is 2.04. The second-order valence-electron chi connectivity index (χ2n) is 1.80. The zero-order valence-electron chi connectivity index (χ0n) is 6.37. The molecule has 1 N–H and O–H groups in total. The van der Waals surface area contributed by atoms with Crippen LogP contribution >= 0.6 is 11.6 Å². The van der Waals surface area contributed by atoms with Gasteiger partial charge >= 0.3 is 5.97 Å². The fraction of sp³-hybridized carbons (Fsp3) is 0.125. The SMILES string of the molecule is C=COC(=O)CC=CC(O)=CCl. The van der Waals surface area contributed by atoms with Crippen molar-refractivity contribution in [2.24, 2.45) is 0 Å². The minimum Gasteiger partial charge on any atom is -0.507 e. The normalized spacial score (nSPS) is 11.6. The molecule has 0 unspecified atom stereocenters. The van der Waals surface area contributed by atoms with Crippen molar-refractivity contribution in [3.63, 3.8) is 0 Å². The molecule has 0 bridgehead atoms. The number of hydrogen-bond acceptors (Lipinski definition) is 3. The third kappa shape index (κ3) is 5.56. The lowest BCUT2D eigenvalue weighted by atomic mass is 10.3. The molecule has 0 heterocycles. The van der Waals surface area contributed by atoms with Gasteiger partial charge in [0.2, 0.25) is 0 Å². The summed E-state index contributed by atoms with van der Waals surface area (Å²) in [7, 11) is 0. The zero-order valence-corrected chi connectivity index (χ0v) is 7.12. The molecule has 0 aromatic heterocycles. The summed E-state index contributed by atoms with van der Waals surface area (Å²) >= 11 is 5.13. The van der Waals surface area contributed by atoms with E-state index >= 15 is 0 Å². The van der Waals surface area contributed by atoms with Gasteiger partial charge in [0.25, 0.3) is 0 Å². The molecule has 0 aliphatic heterocycles. The Morgan fingerprint density at radius 1 is 1.67 bits per heavy atom. The van der Waals surface area contributed by atoms with Gasteiger partial charge in [0, 0.05) is 5.54 Å². The smallest absolute Gasteiger partial charge is 0.314 e. The average molecular weight is 189 g/mol. The standard InChI is InChI=1S/C8H9ClO3/c1-2-12-8(11)5-3-4-7(10)6-9/h2-4,6,10H,1,5H2. The maximum atomic E-state index is 10.6. The minimum absolute atomic E-state index is 0.0702. The van der Waals surface area contributed by atoms with Crippen molar-refractivity contribution in [1.29, 1.82) is 0 Å². The van der Waals surface area contributed by atoms with E-state index in [4.69, 9.17) is 16.7 Å². The molecule has 0 fully saturated rings. The predicted molar refractivity (Wildman–Crippen MR) is 46.6 cm³/mol. The minimum atomic E-state index is -0.441. The number of rotatable bonds is 4. The first-order valence-electron chi connectivity index (χ1n) is 3.17. The van der Waals surface area contributed by atoms with Crippen LogP contribution in [0, 0.1) is 0 Å². The van der Waals surface area contributed by atoms with Crippen LogP contribution in [0.1, 0.15) is 6.42 Å². The first-order chi connectivity index (χ1) is 5.70. The molecule has 0 saturated heterocycles. The lowest BCUT2D eigenvalue weighted by Gasteiger charge is -1.92. The number of aliphatic hydroxyl groups excluding tert-OH is 1. The second-order valence-corrected chi connectivity index (χ2v) is 2.02. The molecule has 0 saturated carbocycles. The quantitative estimate of drug-likeness (QED) is 0.418. The molecule has 4 heteroatoms. The van der Waals surface area contributed by atoms with Gasteiger partial charge in [-0.3, -0.25) is 4.79 Å². The van der Waals surface area contributed by atoms with Crippen LogP contribution in [0.2, 0.25) is 0 Å². The molecule has 0 amide bonds. The number of halogens is 1. The highest BCUT2D eigenvalue weighted by molar-refractivity contribution is 6.25. The summed E-state index contributed by atoms with van der Waals surface area (Å²) in [6.45, 7) is 3.21. The summed E-state index contributed by atoms with van der Waals surface area (Å²) in [5, 5.41) is 8.77. The Kier molecular flexibility index (Phi) is 5.83. The van der Waals surface area contributed by atoms with Gasteiger partial charge < -0.3 is 9.84 Å². The summed E-state index contributed by atoms with van der Waals surface area (Å²) in [6.07, 6.45) is 3.85. The van der Waals surface area contributed by atoms with Crippen LogP contribution in [0.4, 0.5) is 0 Å². The predicted octanol–water partition coefficient (Wildman–Crippen LogP) is 2.26. The molecule has 3 nitrogen and oxygen atoms in total. The molecule has 0 rings (SSSR count). The van der Waals surface area contributed by atoms with Crippen molar-refractivity contribution < 1.29 is 14.6 Å². The Morgan fingerprint density at radius 2 is 2.33 bits per heavy atom. The van der Waals surface area contributed by atoms with E-state index in [2.05, 4.69) is 11.3 Å². The highest BCUT2D eigenvalue weighted by atomic mass is 35.5. The van der Waals surface area contributed by atoms with Crippen LogP contribution in [0.15, 0.2) is 36.3 Å². The van der Waals surface area contributed by atoms with Gasteiger partial charge in [0.05, 0.1) is 12.7 Å². The Balaban J connectivity index is 3.74. The molecule has 0 spiro atoms. The molecule has 0 aliphatic carbocycles. The van der Waals surface area contributed by atoms with Crippen molar-refractivity contribution in [3.8, 4) is 0 Å². The zero-order chi connectivity index (χ0) is 9.40. The largest absolute Gasteiger partial charge is 0.507 e. The van der Waals surface area contributed by atoms with Crippen LogP contribution in [-0.2, 0) is 9.53 Å². The number of ether oxygens (including phenoxy) is 1. The summed E-state index contributed by atoms with van der Waals surface area (Å²) < 4.78 is 4.40. The van der Waals surface area contributed by atoms with Crippen LogP contribution in [0.25, 0.3) is 0 Å². The van der Waals surface area contributed by atoms with Gasteiger partial charge in [-0.2, -0.15) is 0 Å². The molecular formula is C8H9ClO3. The molecular weight excluding hydrogens is 180 g/mol. The molecule has 0 atom stereocenters. The number of esters is 1. The first kappa shape index (κ1) is 10.8. The van der Waals surface area contributed by atoms with Crippen LogP contribution in [0.5, 0.6) is 0 Å². The summed E-state index contributed by atoms with van der Waals surface area (Å²) in [6, 6.07) is 0. The van der Waals surface area contributed by atoms with E-state index in [1.54, 1.807) is 0 Å². The van der Waals surface area contributed by atoms with E-state index in [9.17, 15) is 4.79 Å². The molecule has 0 radical (unpaired) electrons. The maximum absolute atomic E-state index is 10.6. The Hall–Kier alpha value is -1.22. The second kappa shape index (κ2) is 6.49. The van der Waals surface area contributed by atoms with Gasteiger partial charge in [0.1, 0.15) is 5.76 Å². The fourth-order valence-electron chi connectivity index (χ4n) is 0.453. The van der Waals surface area contributed by atoms with E-state index in [0.29, 0.717) is 0 Å². The maximum Gasteiger partial charge on any atom is 0.314 e. The van der Waals surface area contributed by atoms with Crippen LogP contribution in [-0.4, -0.2) is 11.1 Å². The Labute approximate surface area is 75.6 Å². The van der Waals surface area contributed by atoms with Gasteiger partial charge in [-0.15, -0.1) is 0 Å². The van der Waals surface area contributed by atoms with E-state index in [1.807, 2.05) is 0 Å². The van der Waals surface area contributed by atoms with E-state index in [1.165, 1.54) is 12.2 Å². The monoisotopic (exact) mass is 188 g/mol. The van der Waals surface area contributed by atoms with Gasteiger partial charge in [-0.05, 0) is 6.08 Å². The molecule has 0 aromatic rings. The Morgan fingerprint density at radius 3 is 2.83 bits per heavy atom. The summed E-state index contributed by atoms with van der Waals surface area (Å²) in [4.78, 5) is 10.6. The highest BCUT2D eigenvalue weighted by Crippen LogP contribution is 1.96. The highest BCUT2D eigenvalue weighted by Gasteiger charge is 1.94. The van der Waals surface area contributed by atoms with E-state index in [0.717, 1.165) is 11.8 Å². The number of hydrogen-bond donors (Lipinski definition) is 1. The summed E-state index contributed by atoms with van der Waals surface area (Å²) in [5.74, 6) is -0.549. The number of carbonyl (C=O) groups excluding carboxylic acids is 1. The third-order valence-corrected chi connectivity index (χ3v) is 1.12. The van der Waals surface area contributed by atoms with Crippen molar-refractivity contribution >= 4 is 17.6 Å². The summed E-state index contributed by atoms with van der Waals surface area (Å²) in [5.41, 5.74) is 0.995. The lowest BCUT2D eigenvalue weighted by molar-refractivity contribution is -0.136. The van der Waals surface area contributed by atoms with Crippen molar-refractivity contribution in [3.05, 3.63) is 36.3 Å². The van der Waals surface area contributed by atoms with Gasteiger partial charge in [-0.1, -0.05) is 24.3 Å². The first-order valence-corrected chi connectivity index (χ1v) is 3.60. The van der Waals surface area contributed by atoms with Crippen molar-refractivity contribution in [1.82, 2.24) is 0 Å².